The molecule has 0 rings (SSSR count). The molecule has 0 fully saturated rings. The predicted molar refractivity (Wildman–Crippen MR) is 53.1 cm³/mol. The van der Waals surface area contributed by atoms with Crippen molar-refractivity contribution in [3.8, 4) is 0 Å². The third kappa shape index (κ3) is 4.50. The first-order valence-corrected chi connectivity index (χ1v) is 6.15. The molecule has 0 spiro atoms. The summed E-state index contributed by atoms with van der Waals surface area (Å²) < 4.78 is 62.2. The average molecular weight is 277 g/mol. The summed E-state index contributed by atoms with van der Waals surface area (Å²) in [6.07, 6.45) is 0.415. The molecular weight excluding hydrogens is 263 g/mol. The first kappa shape index (κ1) is 16.2. The summed E-state index contributed by atoms with van der Waals surface area (Å²) in [5.74, 6) is -0.773. The SMILES string of the molecule is CCC(C)(C)C(=O)OCNS(=O)(=O)C(F)(F)F. The molecule has 0 aliphatic rings. The van der Waals surface area contributed by atoms with E-state index in [0.717, 1.165) is 4.72 Å². The van der Waals surface area contributed by atoms with Crippen LogP contribution in [-0.2, 0) is 19.6 Å². The number of carbonyl (C=O) groups is 1. The van der Waals surface area contributed by atoms with Gasteiger partial charge in [0.25, 0.3) is 0 Å². The van der Waals surface area contributed by atoms with Crippen LogP contribution in [0.4, 0.5) is 13.2 Å². The van der Waals surface area contributed by atoms with Crippen LogP contribution >= 0.6 is 0 Å². The Bertz CT molecular complexity index is 375. The van der Waals surface area contributed by atoms with Crippen molar-refractivity contribution in [2.24, 2.45) is 5.41 Å². The number of carbonyl (C=O) groups excluding carboxylic acids is 1. The van der Waals surface area contributed by atoms with E-state index in [1.165, 1.54) is 13.8 Å². The Hall–Kier alpha value is -0.830. The van der Waals surface area contributed by atoms with Gasteiger partial charge in [0.1, 0.15) is 0 Å². The molecule has 0 unspecified atom stereocenters. The smallest absolute Gasteiger partial charge is 0.448 e. The molecule has 0 aromatic heterocycles. The van der Waals surface area contributed by atoms with E-state index in [4.69, 9.17) is 0 Å². The van der Waals surface area contributed by atoms with Crippen molar-refractivity contribution >= 4 is 16.0 Å². The number of hydrogen-bond acceptors (Lipinski definition) is 4. The Labute approximate surface area is 97.4 Å². The molecule has 0 atom stereocenters. The summed E-state index contributed by atoms with van der Waals surface area (Å²) in [6, 6.07) is 0. The van der Waals surface area contributed by atoms with Gasteiger partial charge < -0.3 is 4.74 Å². The summed E-state index contributed by atoms with van der Waals surface area (Å²) >= 11 is 0. The van der Waals surface area contributed by atoms with Gasteiger partial charge in [-0.1, -0.05) is 6.92 Å². The third-order valence-electron chi connectivity index (χ3n) is 2.19. The van der Waals surface area contributed by atoms with Crippen LogP contribution in [0.2, 0.25) is 0 Å². The molecule has 0 heterocycles. The maximum absolute atomic E-state index is 11.9. The van der Waals surface area contributed by atoms with Crippen LogP contribution in [0.3, 0.4) is 0 Å². The fraction of sp³-hybridized carbons (Fsp3) is 0.875. The van der Waals surface area contributed by atoms with Gasteiger partial charge in [0.2, 0.25) is 0 Å². The zero-order valence-corrected chi connectivity index (χ0v) is 10.4. The Balaban J connectivity index is 4.33. The van der Waals surface area contributed by atoms with Crippen LogP contribution in [0, 0.1) is 5.41 Å². The summed E-state index contributed by atoms with van der Waals surface area (Å²) in [5.41, 5.74) is -6.29. The zero-order valence-electron chi connectivity index (χ0n) is 9.59. The molecule has 0 bridgehead atoms. The molecule has 0 saturated carbocycles. The second-order valence-corrected chi connectivity index (χ2v) is 5.67. The number of rotatable bonds is 5. The van der Waals surface area contributed by atoms with Crippen molar-refractivity contribution in [1.29, 1.82) is 0 Å². The summed E-state index contributed by atoms with van der Waals surface area (Å²) in [6.45, 7) is 3.73. The predicted octanol–water partition coefficient (Wildman–Crippen LogP) is 1.36. The minimum atomic E-state index is -5.47. The molecule has 0 radical (unpaired) electrons. The topological polar surface area (TPSA) is 72.5 Å². The number of ether oxygens (including phenoxy) is 1. The molecule has 0 amide bonds. The van der Waals surface area contributed by atoms with E-state index in [9.17, 15) is 26.4 Å². The first-order valence-electron chi connectivity index (χ1n) is 4.67. The van der Waals surface area contributed by atoms with Crippen molar-refractivity contribution in [1.82, 2.24) is 4.72 Å². The Kier molecular flexibility index (Phi) is 4.96. The van der Waals surface area contributed by atoms with Crippen LogP contribution in [0.15, 0.2) is 0 Å². The fourth-order valence-electron chi connectivity index (χ4n) is 0.594. The van der Waals surface area contributed by atoms with Crippen molar-refractivity contribution in [2.75, 3.05) is 6.73 Å². The lowest BCUT2D eigenvalue weighted by Gasteiger charge is -2.20. The van der Waals surface area contributed by atoms with E-state index in [1.807, 2.05) is 0 Å². The maximum atomic E-state index is 11.9. The van der Waals surface area contributed by atoms with E-state index in [2.05, 4.69) is 4.74 Å². The Morgan fingerprint density at radius 2 is 1.76 bits per heavy atom. The van der Waals surface area contributed by atoms with Crippen LogP contribution in [0.25, 0.3) is 0 Å². The molecule has 9 heteroatoms. The number of alkyl halides is 3. The molecule has 102 valence electrons. The lowest BCUT2D eigenvalue weighted by atomic mass is 9.91. The maximum Gasteiger partial charge on any atom is 0.511 e. The van der Waals surface area contributed by atoms with Gasteiger partial charge in [-0.15, -0.1) is 0 Å². The molecule has 1 N–H and O–H groups in total. The highest BCUT2D eigenvalue weighted by Crippen LogP contribution is 2.23. The standard InChI is InChI=1S/C8H14F3NO4S/c1-4-7(2,3)6(13)16-5-12-17(14,15)8(9,10)11/h12H,4-5H2,1-3H3. The fourth-order valence-corrected chi connectivity index (χ4v) is 0.972. The van der Waals surface area contributed by atoms with E-state index >= 15 is 0 Å². The molecule has 0 aromatic rings. The van der Waals surface area contributed by atoms with Crippen molar-refractivity contribution in [2.45, 2.75) is 32.7 Å². The minimum absolute atomic E-state index is 0.415. The van der Waals surface area contributed by atoms with Crippen molar-refractivity contribution in [3.05, 3.63) is 0 Å². The number of esters is 1. The molecule has 5 nitrogen and oxygen atoms in total. The van der Waals surface area contributed by atoms with E-state index in [0.29, 0.717) is 6.42 Å². The van der Waals surface area contributed by atoms with Gasteiger partial charge in [-0.3, -0.25) is 4.79 Å². The molecular formula is C8H14F3NO4S. The van der Waals surface area contributed by atoms with E-state index in [1.54, 1.807) is 6.92 Å². The van der Waals surface area contributed by atoms with Gasteiger partial charge in [-0.25, -0.2) is 8.42 Å². The summed E-state index contributed by atoms with van der Waals surface area (Å²) in [5, 5.41) is 0. The van der Waals surface area contributed by atoms with Gasteiger partial charge >= 0.3 is 21.5 Å². The summed E-state index contributed by atoms with van der Waals surface area (Å²) in [7, 11) is -5.47. The summed E-state index contributed by atoms with van der Waals surface area (Å²) in [4.78, 5) is 11.3. The molecule has 0 aliphatic heterocycles. The Morgan fingerprint density at radius 3 is 2.12 bits per heavy atom. The highest BCUT2D eigenvalue weighted by Gasteiger charge is 2.45. The second-order valence-electron chi connectivity index (χ2n) is 3.91. The lowest BCUT2D eigenvalue weighted by Crippen LogP contribution is -2.39. The van der Waals surface area contributed by atoms with Gasteiger partial charge in [0.15, 0.2) is 6.73 Å². The average Bonchev–Trinajstić information content (AvgIpc) is 2.15. The van der Waals surface area contributed by atoms with Crippen LogP contribution in [0.5, 0.6) is 0 Å². The van der Waals surface area contributed by atoms with Gasteiger partial charge in [-0.2, -0.15) is 17.9 Å². The third-order valence-corrected chi connectivity index (χ3v) is 3.30. The van der Waals surface area contributed by atoms with E-state index < -0.39 is 33.6 Å². The molecule has 0 aromatic carbocycles. The number of halogens is 3. The molecule has 17 heavy (non-hydrogen) atoms. The van der Waals surface area contributed by atoms with Gasteiger partial charge in [-0.05, 0) is 20.3 Å². The van der Waals surface area contributed by atoms with Crippen molar-refractivity contribution < 1.29 is 31.1 Å². The normalized spacial score (nSPS) is 13.5. The number of nitrogens with one attached hydrogen (secondary N) is 1. The molecule has 0 saturated heterocycles. The van der Waals surface area contributed by atoms with Crippen LogP contribution in [-0.4, -0.2) is 26.6 Å². The lowest BCUT2D eigenvalue weighted by molar-refractivity contribution is -0.154. The Morgan fingerprint density at radius 1 is 1.29 bits per heavy atom. The quantitative estimate of drug-likeness (QED) is 0.608. The first-order chi connectivity index (χ1) is 7.44. The number of hydrogen-bond donors (Lipinski definition) is 1. The second kappa shape index (κ2) is 5.21. The van der Waals surface area contributed by atoms with E-state index in [-0.39, 0.29) is 0 Å². The van der Waals surface area contributed by atoms with Crippen molar-refractivity contribution in [3.63, 3.8) is 0 Å². The zero-order chi connectivity index (χ0) is 13.9. The van der Waals surface area contributed by atoms with Crippen LogP contribution < -0.4 is 4.72 Å². The van der Waals surface area contributed by atoms with Crippen LogP contribution in [0.1, 0.15) is 27.2 Å². The van der Waals surface area contributed by atoms with Gasteiger partial charge in [0, 0.05) is 0 Å². The highest BCUT2D eigenvalue weighted by atomic mass is 32.2. The van der Waals surface area contributed by atoms with Gasteiger partial charge in [0.05, 0.1) is 5.41 Å². The molecule has 0 aliphatic carbocycles. The minimum Gasteiger partial charge on any atom is -0.448 e. The largest absolute Gasteiger partial charge is 0.511 e. The highest BCUT2D eigenvalue weighted by molar-refractivity contribution is 7.90. The number of sulfonamides is 1. The monoisotopic (exact) mass is 277 g/mol.